The Morgan fingerprint density at radius 3 is 1.85 bits per heavy atom. The fourth-order valence-corrected chi connectivity index (χ4v) is 3.72. The molecule has 2 rings (SSSR count). The van der Waals surface area contributed by atoms with Crippen LogP contribution < -0.4 is 15.2 Å². The van der Waals surface area contributed by atoms with E-state index >= 15 is 0 Å². The lowest BCUT2D eigenvalue weighted by Crippen LogP contribution is -2.53. The summed E-state index contributed by atoms with van der Waals surface area (Å²) >= 11 is 0. The van der Waals surface area contributed by atoms with Gasteiger partial charge < -0.3 is 34.2 Å². The van der Waals surface area contributed by atoms with Crippen LogP contribution in [0.3, 0.4) is 0 Å². The van der Waals surface area contributed by atoms with Gasteiger partial charge in [-0.3, -0.25) is 4.79 Å². The van der Waals surface area contributed by atoms with Gasteiger partial charge in [-0.1, -0.05) is 24.3 Å². The lowest BCUT2D eigenvalue weighted by molar-refractivity contribution is -0.148. The van der Waals surface area contributed by atoms with E-state index in [0.717, 1.165) is 0 Å². The zero-order valence-corrected chi connectivity index (χ0v) is 24.8. The lowest BCUT2D eigenvalue weighted by Gasteiger charge is -2.29. The molecule has 2 atom stereocenters. The van der Waals surface area contributed by atoms with Crippen molar-refractivity contribution in [2.45, 2.75) is 84.2 Å². The molecule has 11 nitrogen and oxygen atoms in total. The average Bonchev–Trinajstić information content (AvgIpc) is 2.83. The van der Waals surface area contributed by atoms with Crippen LogP contribution >= 0.6 is 0 Å². The molecule has 0 fully saturated rings. The molecule has 0 aliphatic carbocycles. The summed E-state index contributed by atoms with van der Waals surface area (Å²) in [5.41, 5.74) is 3.97. The Balaban J connectivity index is 2.33. The van der Waals surface area contributed by atoms with E-state index in [2.05, 4.69) is 0 Å². The maximum absolute atomic E-state index is 12.8. The number of carbonyl (C=O) groups excluding carboxylic acids is 4. The van der Waals surface area contributed by atoms with Crippen molar-refractivity contribution in [1.82, 2.24) is 0 Å². The highest BCUT2D eigenvalue weighted by Crippen LogP contribution is 2.32. The standard InChI is InChI=1S/C30H39NO10/c1-19(37-24(32)21-12-10-9-11-13-21)17-30(31,25(33)36-8)18-20-14-15-22(38-26(34)40-28(2,3)4)23(16-20)39-27(35)41-29(5,6)7/h9-16,19H,17-18,31H2,1-8H3/t19?,30-/m1/s1. The maximum Gasteiger partial charge on any atom is 0.514 e. The molecular weight excluding hydrogens is 534 g/mol. The topological polar surface area (TPSA) is 150 Å². The van der Waals surface area contributed by atoms with Crippen LogP contribution in [0.15, 0.2) is 48.5 Å². The Labute approximate surface area is 240 Å². The minimum atomic E-state index is -1.64. The van der Waals surface area contributed by atoms with Gasteiger partial charge in [-0.05, 0) is 78.3 Å². The molecular formula is C30H39NO10. The molecule has 0 aliphatic heterocycles. The van der Waals surface area contributed by atoms with Crippen molar-refractivity contribution >= 4 is 24.2 Å². The molecule has 0 bridgehead atoms. The van der Waals surface area contributed by atoms with Crippen molar-refractivity contribution in [3.05, 3.63) is 59.7 Å². The fraction of sp³-hybridized carbons (Fsp3) is 0.467. The minimum Gasteiger partial charge on any atom is -0.468 e. The van der Waals surface area contributed by atoms with Gasteiger partial charge in [0.1, 0.15) is 22.8 Å². The SMILES string of the molecule is COC(=O)[C@](N)(Cc1ccc(OC(=O)OC(C)(C)C)c(OC(=O)OC(C)(C)C)c1)CC(C)OC(=O)c1ccccc1. The number of esters is 2. The van der Waals surface area contributed by atoms with Crippen LogP contribution in [0, 0.1) is 0 Å². The fourth-order valence-electron chi connectivity index (χ4n) is 3.72. The summed E-state index contributed by atoms with van der Waals surface area (Å²) in [5.74, 6) is -1.61. The molecule has 1 unspecified atom stereocenters. The number of hydrogen-bond acceptors (Lipinski definition) is 11. The van der Waals surface area contributed by atoms with Crippen molar-refractivity contribution in [1.29, 1.82) is 0 Å². The normalized spacial score (nSPS) is 13.7. The van der Waals surface area contributed by atoms with Crippen LogP contribution in [0.5, 0.6) is 11.5 Å². The first-order valence-electron chi connectivity index (χ1n) is 13.0. The number of benzene rings is 2. The van der Waals surface area contributed by atoms with Crippen LogP contribution in [0.1, 0.15) is 70.8 Å². The molecule has 0 aromatic heterocycles. The first-order valence-corrected chi connectivity index (χ1v) is 13.0. The van der Waals surface area contributed by atoms with Crippen molar-refractivity contribution in [3.8, 4) is 11.5 Å². The number of ether oxygens (including phenoxy) is 6. The predicted octanol–water partition coefficient (Wildman–Crippen LogP) is 5.36. The van der Waals surface area contributed by atoms with Crippen LogP contribution in [0.4, 0.5) is 9.59 Å². The zero-order chi connectivity index (χ0) is 31.0. The summed E-state index contributed by atoms with van der Waals surface area (Å²) in [5, 5.41) is 0. The van der Waals surface area contributed by atoms with Crippen LogP contribution in [0.2, 0.25) is 0 Å². The highest BCUT2D eigenvalue weighted by Gasteiger charge is 2.38. The molecule has 0 spiro atoms. The number of methoxy groups -OCH3 is 1. The van der Waals surface area contributed by atoms with E-state index in [4.69, 9.17) is 34.2 Å². The minimum absolute atomic E-state index is 0.0866. The van der Waals surface area contributed by atoms with E-state index in [1.54, 1.807) is 78.8 Å². The molecule has 0 saturated carbocycles. The molecule has 2 aromatic carbocycles. The first kappa shape index (κ1) is 33.1. The summed E-state index contributed by atoms with van der Waals surface area (Å²) in [7, 11) is 1.19. The van der Waals surface area contributed by atoms with Gasteiger partial charge in [0.05, 0.1) is 12.7 Å². The molecule has 224 valence electrons. The Kier molecular flexibility index (Phi) is 10.9. The number of nitrogens with two attached hydrogens (primary N) is 1. The molecule has 0 heterocycles. The average molecular weight is 574 g/mol. The van der Waals surface area contributed by atoms with E-state index in [1.807, 2.05) is 0 Å². The van der Waals surface area contributed by atoms with E-state index < -0.39 is 47.1 Å². The molecule has 41 heavy (non-hydrogen) atoms. The second-order valence-electron chi connectivity index (χ2n) is 11.5. The van der Waals surface area contributed by atoms with E-state index in [9.17, 15) is 19.2 Å². The molecule has 11 heteroatoms. The second-order valence-corrected chi connectivity index (χ2v) is 11.5. The summed E-state index contributed by atoms with van der Waals surface area (Å²) in [6.07, 6.45) is -3.02. The van der Waals surface area contributed by atoms with Crippen molar-refractivity contribution in [2.75, 3.05) is 7.11 Å². The largest absolute Gasteiger partial charge is 0.514 e. The molecule has 0 saturated heterocycles. The second kappa shape index (κ2) is 13.5. The predicted molar refractivity (Wildman–Crippen MR) is 149 cm³/mol. The third-order valence-electron chi connectivity index (χ3n) is 5.25. The number of rotatable bonds is 9. The highest BCUT2D eigenvalue weighted by atomic mass is 16.8. The zero-order valence-electron chi connectivity index (χ0n) is 24.8. The van der Waals surface area contributed by atoms with Gasteiger partial charge in [0, 0.05) is 12.8 Å². The van der Waals surface area contributed by atoms with Crippen LogP contribution in [0.25, 0.3) is 0 Å². The highest BCUT2D eigenvalue weighted by molar-refractivity contribution is 5.89. The van der Waals surface area contributed by atoms with Gasteiger partial charge in [0.25, 0.3) is 0 Å². The van der Waals surface area contributed by atoms with Gasteiger partial charge in [-0.15, -0.1) is 0 Å². The van der Waals surface area contributed by atoms with E-state index in [0.29, 0.717) is 11.1 Å². The monoisotopic (exact) mass is 573 g/mol. The van der Waals surface area contributed by atoms with Gasteiger partial charge in [-0.25, -0.2) is 14.4 Å². The molecule has 2 aromatic rings. The van der Waals surface area contributed by atoms with Gasteiger partial charge in [-0.2, -0.15) is 0 Å². The number of hydrogen-bond donors (Lipinski definition) is 1. The summed E-state index contributed by atoms with van der Waals surface area (Å²) < 4.78 is 31.5. The lowest BCUT2D eigenvalue weighted by atomic mass is 9.86. The smallest absolute Gasteiger partial charge is 0.468 e. The first-order chi connectivity index (χ1) is 18.9. The third kappa shape index (κ3) is 11.1. The quantitative estimate of drug-likeness (QED) is 0.234. The molecule has 0 aliphatic rings. The van der Waals surface area contributed by atoms with Gasteiger partial charge in [0.15, 0.2) is 11.5 Å². The Bertz CT molecular complexity index is 1230. The Hall–Kier alpha value is -4.12. The van der Waals surface area contributed by atoms with Crippen molar-refractivity contribution < 1.29 is 47.6 Å². The van der Waals surface area contributed by atoms with Crippen molar-refractivity contribution in [2.24, 2.45) is 5.73 Å². The Morgan fingerprint density at radius 1 is 0.805 bits per heavy atom. The third-order valence-corrected chi connectivity index (χ3v) is 5.25. The molecule has 0 amide bonds. The van der Waals surface area contributed by atoms with E-state index in [-0.39, 0.29) is 24.3 Å². The summed E-state index contributed by atoms with van der Waals surface area (Å²) in [6, 6.07) is 12.7. The summed E-state index contributed by atoms with van der Waals surface area (Å²) in [6.45, 7) is 11.6. The maximum atomic E-state index is 12.8. The summed E-state index contributed by atoms with van der Waals surface area (Å²) in [4.78, 5) is 50.1. The van der Waals surface area contributed by atoms with E-state index in [1.165, 1.54) is 25.3 Å². The van der Waals surface area contributed by atoms with Crippen LogP contribution in [-0.2, 0) is 30.2 Å². The molecule has 2 N–H and O–H groups in total. The number of carbonyl (C=O) groups is 4. The Morgan fingerprint density at radius 2 is 1.34 bits per heavy atom. The molecule has 0 radical (unpaired) electrons. The van der Waals surface area contributed by atoms with Gasteiger partial charge >= 0.3 is 24.2 Å². The van der Waals surface area contributed by atoms with Crippen molar-refractivity contribution in [3.63, 3.8) is 0 Å². The van der Waals surface area contributed by atoms with Crippen LogP contribution in [-0.4, -0.2) is 54.2 Å². The van der Waals surface area contributed by atoms with Gasteiger partial charge in [0.2, 0.25) is 0 Å².